The molecule has 1 N–H and O–H groups in total. The van der Waals surface area contributed by atoms with Crippen molar-refractivity contribution in [3.63, 3.8) is 0 Å². The van der Waals surface area contributed by atoms with Crippen LogP contribution in [0.5, 0.6) is 0 Å². The van der Waals surface area contributed by atoms with Gasteiger partial charge in [-0.1, -0.05) is 30.4 Å². The van der Waals surface area contributed by atoms with Crippen LogP contribution in [0.3, 0.4) is 0 Å². The van der Waals surface area contributed by atoms with Gasteiger partial charge in [0.2, 0.25) is 5.91 Å². The summed E-state index contributed by atoms with van der Waals surface area (Å²) in [5.74, 6) is 0.0341. The highest BCUT2D eigenvalue weighted by Crippen LogP contribution is 2.33. The molecule has 191 valence electrons. The molecule has 2 aliphatic carbocycles. The maximum Gasteiger partial charge on any atom is 0.258 e. The van der Waals surface area contributed by atoms with Crippen LogP contribution in [-0.2, 0) is 14.6 Å². The first-order chi connectivity index (χ1) is 17.0. The van der Waals surface area contributed by atoms with Crippen LogP contribution >= 0.6 is 0 Å². The molecule has 0 spiro atoms. The number of anilines is 2. The molecule has 6 nitrogen and oxygen atoms in total. The predicted octanol–water partition coefficient (Wildman–Crippen LogP) is 5.81. The summed E-state index contributed by atoms with van der Waals surface area (Å²) in [7, 11) is -3.25. The molecule has 1 atom stereocenters. The van der Waals surface area contributed by atoms with Crippen molar-refractivity contribution in [3.8, 4) is 0 Å². The highest BCUT2D eigenvalue weighted by Gasteiger charge is 2.31. The minimum absolute atomic E-state index is 0. The van der Waals surface area contributed by atoms with Crippen LogP contribution in [0.2, 0.25) is 0 Å². The first kappa shape index (κ1) is 25.9. The molecule has 2 aromatic rings. The van der Waals surface area contributed by atoms with Crippen molar-refractivity contribution in [2.75, 3.05) is 16.0 Å². The Labute approximate surface area is 215 Å². The number of rotatable bonds is 8. The summed E-state index contributed by atoms with van der Waals surface area (Å²) in [6, 6.07) is 16.4. The van der Waals surface area contributed by atoms with Gasteiger partial charge in [0.25, 0.3) is 5.91 Å². The number of benzene rings is 2. The Hall–Kier alpha value is -3.19. The first-order valence-corrected chi connectivity index (χ1v) is 13.9. The quantitative estimate of drug-likeness (QED) is 0.489. The number of para-hydroxylation sites is 1. The number of amides is 2. The van der Waals surface area contributed by atoms with Crippen molar-refractivity contribution in [2.24, 2.45) is 11.8 Å². The molecule has 36 heavy (non-hydrogen) atoms. The van der Waals surface area contributed by atoms with Gasteiger partial charge in [-0.15, -0.1) is 0 Å². The van der Waals surface area contributed by atoms with E-state index in [-0.39, 0.29) is 31.3 Å². The van der Waals surface area contributed by atoms with E-state index >= 15 is 0 Å². The van der Waals surface area contributed by atoms with Gasteiger partial charge in [0.15, 0.2) is 9.84 Å². The van der Waals surface area contributed by atoms with Crippen molar-refractivity contribution in [1.82, 2.24) is 0 Å². The molecule has 1 saturated carbocycles. The maximum atomic E-state index is 13.3. The van der Waals surface area contributed by atoms with Gasteiger partial charge >= 0.3 is 0 Å². The molecule has 4 rings (SSSR count). The average molecular weight is 508 g/mol. The lowest BCUT2D eigenvalue weighted by atomic mass is 9.97. The van der Waals surface area contributed by atoms with Gasteiger partial charge in [0, 0.05) is 30.3 Å². The van der Waals surface area contributed by atoms with E-state index in [0.29, 0.717) is 22.1 Å². The summed E-state index contributed by atoms with van der Waals surface area (Å²) in [5.41, 5.74) is 1.53. The number of nitrogens with one attached hydrogen (secondary N) is 1. The maximum absolute atomic E-state index is 13.3. The van der Waals surface area contributed by atoms with E-state index in [4.69, 9.17) is 0 Å². The van der Waals surface area contributed by atoms with Gasteiger partial charge in [-0.25, -0.2) is 8.42 Å². The Morgan fingerprint density at radius 1 is 1.03 bits per heavy atom. The highest BCUT2D eigenvalue weighted by atomic mass is 32.2. The molecule has 2 aliphatic rings. The molecular formula is C29H35N2O4S. The number of hydrogen-bond donors (Lipinski definition) is 1. The summed E-state index contributed by atoms with van der Waals surface area (Å²) in [6.07, 6.45) is 8.94. The molecule has 0 bridgehead atoms. The molecular weight excluding hydrogens is 472 g/mol. The molecule has 1 fully saturated rings. The Morgan fingerprint density at radius 3 is 2.25 bits per heavy atom. The molecule has 2 amide bonds. The predicted molar refractivity (Wildman–Crippen MR) is 146 cm³/mol. The second kappa shape index (κ2) is 10.4. The number of carbonyl (C=O) groups excluding carboxylic acids is 2. The molecule has 0 heterocycles. The van der Waals surface area contributed by atoms with Gasteiger partial charge in [-0.2, -0.15) is 0 Å². The van der Waals surface area contributed by atoms with Crippen molar-refractivity contribution < 1.29 is 19.4 Å². The standard InChI is InChI=1S/C29H33N2O4S.H2/c1-29(2,3)31(25-7-5-4-6-8-25)28(33)23-13-15-24(16-14-23)30-27(32)19-21-11-17-26(18-12-21)36(34,35)20-22-9-10-22;/h4-8,11-18,21-22H,9-10,19-20H2,1-3H3,(H,30,32);1H. The van der Waals surface area contributed by atoms with Gasteiger partial charge in [-0.05, 0) is 94.3 Å². The van der Waals surface area contributed by atoms with Crippen LogP contribution in [-0.4, -0.2) is 31.5 Å². The highest BCUT2D eigenvalue weighted by molar-refractivity contribution is 7.95. The fourth-order valence-corrected chi connectivity index (χ4v) is 5.95. The normalized spacial score (nSPS) is 17.9. The number of allylic oxidation sites excluding steroid dienone is 3. The first-order valence-electron chi connectivity index (χ1n) is 12.3. The zero-order valence-electron chi connectivity index (χ0n) is 21.0. The average Bonchev–Trinajstić information content (AvgIpc) is 3.63. The van der Waals surface area contributed by atoms with Gasteiger partial charge < -0.3 is 10.2 Å². The van der Waals surface area contributed by atoms with E-state index in [1.54, 1.807) is 53.8 Å². The third-order valence-corrected chi connectivity index (χ3v) is 8.15. The molecule has 0 aliphatic heterocycles. The number of sulfone groups is 1. The second-order valence-electron chi connectivity index (χ2n) is 10.5. The van der Waals surface area contributed by atoms with Crippen LogP contribution in [0, 0.1) is 18.3 Å². The summed E-state index contributed by atoms with van der Waals surface area (Å²) < 4.78 is 24.8. The van der Waals surface area contributed by atoms with Gasteiger partial charge in [0.1, 0.15) is 0 Å². The Balaban J connectivity index is 0.00000380. The van der Waals surface area contributed by atoms with E-state index in [0.717, 1.165) is 18.5 Å². The summed E-state index contributed by atoms with van der Waals surface area (Å²) in [5, 5.41) is 2.87. The van der Waals surface area contributed by atoms with E-state index in [9.17, 15) is 18.0 Å². The van der Waals surface area contributed by atoms with E-state index in [2.05, 4.69) is 5.32 Å². The van der Waals surface area contributed by atoms with Crippen molar-refractivity contribution >= 4 is 33.0 Å². The Morgan fingerprint density at radius 2 is 1.69 bits per heavy atom. The molecule has 1 unspecified atom stereocenters. The van der Waals surface area contributed by atoms with Crippen molar-refractivity contribution in [2.45, 2.75) is 45.6 Å². The molecule has 0 aromatic heterocycles. The largest absolute Gasteiger partial charge is 0.326 e. The van der Waals surface area contributed by atoms with Gasteiger partial charge in [0.05, 0.1) is 10.7 Å². The number of hydrogen-bond acceptors (Lipinski definition) is 4. The minimum Gasteiger partial charge on any atom is -0.326 e. The summed E-state index contributed by atoms with van der Waals surface area (Å²) in [4.78, 5) is 28.0. The Kier molecular flexibility index (Phi) is 7.50. The SMILES string of the molecule is CC(C)(C)N(C(=O)c1ccc(NC(=O)CC2[CH]C=C(S(=O)(=O)CC3CC3)C=C2)cc1)c1ccccc1.[HH]. The molecule has 2 aromatic carbocycles. The summed E-state index contributed by atoms with van der Waals surface area (Å²) in [6.45, 7) is 5.97. The molecule has 0 saturated heterocycles. The van der Waals surface area contributed by atoms with Crippen LogP contribution < -0.4 is 10.2 Å². The topological polar surface area (TPSA) is 83.6 Å². The van der Waals surface area contributed by atoms with Crippen LogP contribution in [0.1, 0.15) is 51.8 Å². The lowest BCUT2D eigenvalue weighted by Crippen LogP contribution is -2.46. The van der Waals surface area contributed by atoms with E-state index < -0.39 is 15.4 Å². The van der Waals surface area contributed by atoms with Crippen LogP contribution in [0.4, 0.5) is 11.4 Å². The lowest BCUT2D eigenvalue weighted by Gasteiger charge is -2.36. The minimum atomic E-state index is -3.25. The van der Waals surface area contributed by atoms with Crippen LogP contribution in [0.25, 0.3) is 0 Å². The smallest absolute Gasteiger partial charge is 0.258 e. The zero-order valence-corrected chi connectivity index (χ0v) is 21.8. The Bertz CT molecular complexity index is 1280. The van der Waals surface area contributed by atoms with Gasteiger partial charge in [-0.3, -0.25) is 9.59 Å². The van der Waals surface area contributed by atoms with Crippen LogP contribution in [0.15, 0.2) is 77.7 Å². The fraction of sp³-hybridized carbons (Fsp3) is 0.345. The number of carbonyl (C=O) groups is 2. The zero-order chi connectivity index (χ0) is 25.9. The van der Waals surface area contributed by atoms with Crippen molar-refractivity contribution in [1.29, 1.82) is 0 Å². The third kappa shape index (κ3) is 6.52. The third-order valence-electron chi connectivity index (χ3n) is 6.25. The number of nitrogens with zero attached hydrogens (tertiary/aromatic N) is 1. The van der Waals surface area contributed by atoms with Crippen molar-refractivity contribution in [3.05, 3.63) is 89.7 Å². The van der Waals surface area contributed by atoms with E-state index in [1.165, 1.54) is 0 Å². The monoisotopic (exact) mass is 507 g/mol. The molecule has 1 radical (unpaired) electrons. The lowest BCUT2D eigenvalue weighted by molar-refractivity contribution is -0.116. The summed E-state index contributed by atoms with van der Waals surface area (Å²) >= 11 is 0. The van der Waals surface area contributed by atoms with E-state index in [1.807, 2.05) is 51.1 Å². The fourth-order valence-electron chi connectivity index (χ4n) is 4.23. The second-order valence-corrected chi connectivity index (χ2v) is 12.5. The molecule has 7 heteroatoms.